The van der Waals surface area contributed by atoms with Crippen molar-refractivity contribution in [2.75, 3.05) is 20.8 Å². The van der Waals surface area contributed by atoms with E-state index in [2.05, 4.69) is 9.97 Å². The van der Waals surface area contributed by atoms with Gasteiger partial charge in [0.05, 0.1) is 32.7 Å². The minimum atomic E-state index is 0.168. The largest absolute Gasteiger partial charge is 0.493 e. The van der Waals surface area contributed by atoms with Crippen molar-refractivity contribution in [2.45, 2.75) is 6.92 Å². The van der Waals surface area contributed by atoms with E-state index in [1.54, 1.807) is 26.4 Å². The van der Waals surface area contributed by atoms with Gasteiger partial charge in [0.1, 0.15) is 6.07 Å². The Balaban J connectivity index is 2.47. The Kier molecular flexibility index (Phi) is 4.57. The average Bonchev–Trinajstić information content (AvgIpc) is 2.54. The summed E-state index contributed by atoms with van der Waals surface area (Å²) in [5, 5.41) is 8.99. The first-order valence-corrected chi connectivity index (χ1v) is 6.35. The third kappa shape index (κ3) is 3.03. The van der Waals surface area contributed by atoms with Crippen molar-refractivity contribution in [1.29, 1.82) is 5.26 Å². The van der Waals surface area contributed by atoms with Crippen LogP contribution in [0.25, 0.3) is 11.3 Å². The molecule has 1 heterocycles. The molecule has 0 unspecified atom stereocenters. The number of nitrogens with zero attached hydrogens (tertiary/aromatic N) is 3. The molecule has 2 aromatic rings. The van der Waals surface area contributed by atoms with Crippen LogP contribution in [-0.4, -0.2) is 30.8 Å². The summed E-state index contributed by atoms with van der Waals surface area (Å²) < 4.78 is 15.8. The molecule has 2 rings (SSSR count). The molecular weight excluding hydrogens is 270 g/mol. The number of ether oxygens (including phenoxy) is 3. The second kappa shape index (κ2) is 6.57. The highest BCUT2D eigenvalue weighted by atomic mass is 16.5. The maximum absolute atomic E-state index is 8.99. The monoisotopic (exact) mass is 285 g/mol. The van der Waals surface area contributed by atoms with E-state index in [9.17, 15) is 0 Å². The third-order valence-electron chi connectivity index (χ3n) is 2.81. The Morgan fingerprint density at radius 1 is 1.19 bits per heavy atom. The van der Waals surface area contributed by atoms with Gasteiger partial charge in [0.2, 0.25) is 5.69 Å². The van der Waals surface area contributed by atoms with E-state index in [4.69, 9.17) is 19.5 Å². The van der Waals surface area contributed by atoms with Crippen LogP contribution in [0.3, 0.4) is 0 Å². The van der Waals surface area contributed by atoms with Crippen LogP contribution in [0.15, 0.2) is 24.4 Å². The lowest BCUT2D eigenvalue weighted by molar-refractivity contribution is 0.324. The lowest BCUT2D eigenvalue weighted by Crippen LogP contribution is -2.01. The van der Waals surface area contributed by atoms with Crippen LogP contribution in [0, 0.1) is 11.3 Å². The Bertz CT molecular complexity index is 680. The predicted molar refractivity (Wildman–Crippen MR) is 76.5 cm³/mol. The second-order valence-corrected chi connectivity index (χ2v) is 4.02. The van der Waals surface area contributed by atoms with E-state index in [1.807, 2.05) is 19.1 Å². The van der Waals surface area contributed by atoms with E-state index in [1.165, 1.54) is 6.20 Å². The van der Waals surface area contributed by atoms with E-state index in [-0.39, 0.29) is 11.6 Å². The van der Waals surface area contributed by atoms with Gasteiger partial charge in [-0.2, -0.15) is 5.26 Å². The molecule has 6 nitrogen and oxygen atoms in total. The van der Waals surface area contributed by atoms with Crippen LogP contribution >= 0.6 is 0 Å². The van der Waals surface area contributed by atoms with Crippen LogP contribution in [0.5, 0.6) is 17.4 Å². The van der Waals surface area contributed by atoms with Gasteiger partial charge in [-0.05, 0) is 25.1 Å². The van der Waals surface area contributed by atoms with Gasteiger partial charge in [-0.15, -0.1) is 0 Å². The molecule has 0 saturated carbocycles. The minimum Gasteiger partial charge on any atom is -0.493 e. The summed E-state index contributed by atoms with van der Waals surface area (Å²) in [6.45, 7) is 2.24. The van der Waals surface area contributed by atoms with E-state index in [0.29, 0.717) is 23.8 Å². The van der Waals surface area contributed by atoms with Gasteiger partial charge in [-0.25, -0.2) is 9.97 Å². The number of benzene rings is 1. The Hall–Kier alpha value is -2.81. The van der Waals surface area contributed by atoms with E-state index in [0.717, 1.165) is 5.56 Å². The van der Waals surface area contributed by atoms with Crippen molar-refractivity contribution < 1.29 is 14.2 Å². The Morgan fingerprint density at radius 3 is 2.57 bits per heavy atom. The molecule has 0 aliphatic rings. The van der Waals surface area contributed by atoms with Crippen molar-refractivity contribution in [3.63, 3.8) is 0 Å². The zero-order valence-electron chi connectivity index (χ0n) is 12.1. The average molecular weight is 285 g/mol. The van der Waals surface area contributed by atoms with Crippen LogP contribution < -0.4 is 14.2 Å². The molecule has 0 amide bonds. The summed E-state index contributed by atoms with van der Waals surface area (Å²) in [5.74, 6) is 1.46. The summed E-state index contributed by atoms with van der Waals surface area (Å²) >= 11 is 0. The van der Waals surface area contributed by atoms with Gasteiger partial charge in [0, 0.05) is 5.56 Å². The zero-order chi connectivity index (χ0) is 15.2. The molecule has 0 radical (unpaired) electrons. The summed E-state index contributed by atoms with van der Waals surface area (Å²) in [6, 6.07) is 7.38. The van der Waals surface area contributed by atoms with Gasteiger partial charge in [0.15, 0.2) is 11.5 Å². The van der Waals surface area contributed by atoms with Gasteiger partial charge in [-0.3, -0.25) is 0 Å². The number of hydrogen-bond donors (Lipinski definition) is 0. The lowest BCUT2D eigenvalue weighted by atomic mass is 10.1. The maximum atomic E-state index is 8.99. The molecule has 0 saturated heterocycles. The second-order valence-electron chi connectivity index (χ2n) is 4.02. The molecule has 0 fully saturated rings. The third-order valence-corrected chi connectivity index (χ3v) is 2.81. The number of rotatable bonds is 5. The number of hydrogen-bond acceptors (Lipinski definition) is 6. The maximum Gasteiger partial charge on any atom is 0.251 e. The standard InChI is InChI=1S/C15H15N3O3/c1-4-21-15-11(8-16)17-9-12(18-15)10-5-6-13(19-2)14(7-10)20-3/h5-7,9H,4H2,1-3H3. The van der Waals surface area contributed by atoms with Crippen molar-refractivity contribution >= 4 is 0 Å². The van der Waals surface area contributed by atoms with Gasteiger partial charge >= 0.3 is 0 Å². The normalized spacial score (nSPS) is 9.81. The van der Waals surface area contributed by atoms with Crippen molar-refractivity contribution in [2.24, 2.45) is 0 Å². The van der Waals surface area contributed by atoms with Crippen molar-refractivity contribution in [3.8, 4) is 34.7 Å². The van der Waals surface area contributed by atoms with Crippen LogP contribution in [0.2, 0.25) is 0 Å². The molecule has 0 atom stereocenters. The molecule has 21 heavy (non-hydrogen) atoms. The van der Waals surface area contributed by atoms with Gasteiger partial charge < -0.3 is 14.2 Å². The van der Waals surface area contributed by atoms with Crippen LogP contribution in [0.4, 0.5) is 0 Å². The number of methoxy groups -OCH3 is 2. The van der Waals surface area contributed by atoms with Gasteiger partial charge in [0.25, 0.3) is 5.88 Å². The number of nitriles is 1. The molecule has 108 valence electrons. The topological polar surface area (TPSA) is 77.3 Å². The highest BCUT2D eigenvalue weighted by Crippen LogP contribution is 2.32. The predicted octanol–water partition coefficient (Wildman–Crippen LogP) is 2.43. The Labute approximate surface area is 122 Å². The van der Waals surface area contributed by atoms with Crippen LogP contribution in [0.1, 0.15) is 12.6 Å². The molecule has 6 heteroatoms. The SMILES string of the molecule is CCOc1nc(-c2ccc(OC)c(OC)c2)cnc1C#N. The molecule has 0 aliphatic carbocycles. The van der Waals surface area contributed by atoms with E-state index < -0.39 is 0 Å². The summed E-state index contributed by atoms with van der Waals surface area (Å²) in [4.78, 5) is 8.40. The van der Waals surface area contributed by atoms with Crippen molar-refractivity contribution in [3.05, 3.63) is 30.1 Å². The van der Waals surface area contributed by atoms with Gasteiger partial charge in [-0.1, -0.05) is 0 Å². The first-order valence-electron chi connectivity index (χ1n) is 6.35. The molecule has 0 aliphatic heterocycles. The lowest BCUT2D eigenvalue weighted by Gasteiger charge is -2.10. The fraction of sp³-hybridized carbons (Fsp3) is 0.267. The molecule has 0 N–H and O–H groups in total. The summed E-state index contributed by atoms with van der Waals surface area (Å²) in [7, 11) is 3.14. The van der Waals surface area contributed by atoms with Crippen molar-refractivity contribution in [1.82, 2.24) is 9.97 Å². The fourth-order valence-corrected chi connectivity index (χ4v) is 1.82. The molecule has 1 aromatic carbocycles. The summed E-state index contributed by atoms with van der Waals surface area (Å²) in [5.41, 5.74) is 1.56. The first-order chi connectivity index (χ1) is 10.2. The van der Waals surface area contributed by atoms with Crippen LogP contribution in [-0.2, 0) is 0 Å². The highest BCUT2D eigenvalue weighted by Gasteiger charge is 2.12. The molecule has 0 spiro atoms. The quantitative estimate of drug-likeness (QED) is 0.839. The zero-order valence-corrected chi connectivity index (χ0v) is 12.1. The fourth-order valence-electron chi connectivity index (χ4n) is 1.82. The minimum absolute atomic E-state index is 0.168. The molecule has 1 aromatic heterocycles. The van der Waals surface area contributed by atoms with E-state index >= 15 is 0 Å². The number of aromatic nitrogens is 2. The highest BCUT2D eigenvalue weighted by molar-refractivity contribution is 5.64. The Morgan fingerprint density at radius 2 is 1.95 bits per heavy atom. The smallest absolute Gasteiger partial charge is 0.251 e. The summed E-state index contributed by atoms with van der Waals surface area (Å²) in [6.07, 6.45) is 1.53. The first kappa shape index (κ1) is 14.6. The molecule has 0 bridgehead atoms. The molecular formula is C15H15N3O3.